The van der Waals surface area contributed by atoms with Crippen LogP contribution in [0.4, 0.5) is 20.2 Å². The average Bonchev–Trinajstić information content (AvgIpc) is 3.97. The van der Waals surface area contributed by atoms with Crippen LogP contribution in [-0.4, -0.2) is 22.9 Å². The Kier molecular flexibility index (Phi) is 18.1. The average molecular weight is 1200 g/mol. The minimum absolute atomic E-state index is 0.245. The third-order valence-electron chi connectivity index (χ3n) is 12.1. The normalized spacial score (nSPS) is 13.4. The molecule has 2 aliphatic rings. The summed E-state index contributed by atoms with van der Waals surface area (Å²) in [5.41, 5.74) is 15.3. The van der Waals surface area contributed by atoms with Gasteiger partial charge in [0.05, 0.1) is 0 Å². The van der Waals surface area contributed by atoms with Gasteiger partial charge in [-0.2, -0.15) is 0 Å². The van der Waals surface area contributed by atoms with Crippen molar-refractivity contribution in [2.75, 3.05) is 22.9 Å². The number of benzene rings is 8. The molecule has 0 bridgehead atoms. The summed E-state index contributed by atoms with van der Waals surface area (Å²) in [6.07, 6.45) is 1.77. The van der Waals surface area contributed by atoms with Crippen molar-refractivity contribution in [1.29, 1.82) is 0 Å². The third-order valence-corrected chi connectivity index (χ3v) is 12.6. The fourth-order valence-electron chi connectivity index (χ4n) is 8.53. The Bertz CT molecular complexity index is 2800. The Labute approximate surface area is 443 Å². The Morgan fingerprint density at radius 3 is 1.01 bits per heavy atom. The van der Waals surface area contributed by atoms with Gasteiger partial charge >= 0.3 is 35.3 Å². The van der Waals surface area contributed by atoms with Crippen molar-refractivity contribution >= 4 is 76.2 Å². The molecule has 0 aliphatic carbocycles. The fourth-order valence-corrected chi connectivity index (χ4v) is 8.78. The van der Waals surface area contributed by atoms with Crippen LogP contribution < -0.4 is 9.80 Å². The Balaban J connectivity index is 0.000000181. The number of nitrogens with zero attached hydrogens (tertiary/aromatic N) is 4. The number of hydrogen-bond acceptors (Lipinski definition) is 4. The molecule has 11 heteroatoms. The van der Waals surface area contributed by atoms with Gasteiger partial charge in [-0.05, 0) is 146 Å². The fraction of sp³-hybridized carbons (Fsp3) is 0.100. The summed E-state index contributed by atoms with van der Waals surface area (Å²) in [5.74, 6) is -0.490. The molecule has 0 aromatic heterocycles. The molecule has 0 radical (unpaired) electrons. The van der Waals surface area contributed by atoms with Crippen LogP contribution in [0.2, 0.25) is 10.0 Å². The second kappa shape index (κ2) is 25.0. The van der Waals surface area contributed by atoms with Crippen LogP contribution in [0.1, 0.15) is 44.5 Å². The van der Waals surface area contributed by atoms with Gasteiger partial charge in [0.25, 0.3) is 0 Å². The standard InChI is InChI=1S/2C30H25ClFN2.2ClH.Pt/c2*1-22-7-17-28(18-8-22)34-21-33(20-19-23-5-3-2-4-6-23)29(24-11-15-27(32)16-12-24)30(34)25-9-13-26(31)14-10-25;;;/h2*2-18,21H,19-20H2,1H3;2*1H;/q2*-1;;;+4/p-2/i2*21+1;;;. The molecule has 8 aromatic rings. The third kappa shape index (κ3) is 13.4. The van der Waals surface area contributed by atoms with Gasteiger partial charge in [-0.15, -0.1) is 13.3 Å². The molecule has 0 atom stereocenters. The molecule has 0 fully saturated rings. The maximum absolute atomic E-state index is 13.8. The minimum atomic E-state index is -0.472. The predicted molar refractivity (Wildman–Crippen MR) is 291 cm³/mol. The first-order chi connectivity index (χ1) is 34.6. The number of halogens is 6. The van der Waals surface area contributed by atoms with Crippen molar-refractivity contribution in [3.8, 4) is 0 Å². The Hall–Kier alpha value is -5.85. The molecule has 10 rings (SSSR count). The molecule has 0 saturated heterocycles. The zero-order valence-corrected chi connectivity index (χ0v) is 44.3. The van der Waals surface area contributed by atoms with Gasteiger partial charge in [-0.1, -0.05) is 168 Å². The quantitative estimate of drug-likeness (QED) is 0.0893. The molecule has 2 heterocycles. The molecule has 0 amide bonds. The van der Waals surface area contributed by atoms with Crippen molar-refractivity contribution in [2.45, 2.75) is 26.7 Å². The molecule has 71 heavy (non-hydrogen) atoms. The summed E-state index contributed by atoms with van der Waals surface area (Å²) >= 11 is 12.0. The molecule has 8 aromatic carbocycles. The van der Waals surface area contributed by atoms with Gasteiger partial charge in [0.2, 0.25) is 0 Å². The molecule has 0 N–H and O–H groups in total. The zero-order chi connectivity index (χ0) is 49.7. The summed E-state index contributed by atoms with van der Waals surface area (Å²) < 4.78 is 27.6. The van der Waals surface area contributed by atoms with Crippen LogP contribution in [0.25, 0.3) is 22.8 Å². The van der Waals surface area contributed by atoms with Crippen molar-refractivity contribution in [2.24, 2.45) is 0 Å². The molecule has 0 saturated carbocycles. The van der Waals surface area contributed by atoms with E-state index in [0.29, 0.717) is 10.0 Å². The van der Waals surface area contributed by atoms with Crippen LogP contribution in [0.3, 0.4) is 0 Å². The summed E-state index contributed by atoms with van der Waals surface area (Å²) in [7, 11) is 9.75. The molecule has 0 unspecified atom stereocenters. The van der Waals surface area contributed by atoms with Crippen LogP contribution in [-0.2, 0) is 29.3 Å². The van der Waals surface area contributed by atoms with E-state index in [2.05, 4.69) is 144 Å². The molecule has 2 aliphatic heterocycles. The van der Waals surface area contributed by atoms with Gasteiger partial charge in [0, 0.05) is 44.2 Å². The predicted octanol–water partition coefficient (Wildman–Crippen LogP) is 17.0. The van der Waals surface area contributed by atoms with E-state index in [1.54, 1.807) is 0 Å². The van der Waals surface area contributed by atoms with E-state index < -0.39 is 16.5 Å². The van der Waals surface area contributed by atoms with E-state index in [-0.39, 0.29) is 11.6 Å². The van der Waals surface area contributed by atoms with Crippen molar-refractivity contribution < 1.29 is 25.3 Å². The van der Waals surface area contributed by atoms with Gasteiger partial charge in [0.15, 0.2) is 0 Å². The van der Waals surface area contributed by atoms with Crippen LogP contribution in [0, 0.1) is 38.8 Å². The second-order valence-corrected chi connectivity index (χ2v) is 21.1. The molecule has 4 nitrogen and oxygen atoms in total. The zero-order valence-electron chi connectivity index (χ0n) is 39.0. The number of hydrogen-bond donors (Lipinski definition) is 0. The second-order valence-electron chi connectivity index (χ2n) is 17.0. The van der Waals surface area contributed by atoms with E-state index in [9.17, 15) is 8.78 Å². The van der Waals surface area contributed by atoms with Gasteiger partial charge < -0.3 is 19.6 Å². The summed E-state index contributed by atoms with van der Waals surface area (Å²) in [5, 5.41) is 1.38. The van der Waals surface area contributed by atoms with Crippen molar-refractivity contribution in [3.63, 3.8) is 0 Å². The van der Waals surface area contributed by atoms with E-state index in [0.717, 1.165) is 82.3 Å². The van der Waals surface area contributed by atoms with Crippen LogP contribution >= 0.6 is 42.0 Å². The first kappa shape index (κ1) is 51.5. The van der Waals surface area contributed by atoms with Gasteiger partial charge in [-0.25, -0.2) is 8.78 Å². The van der Waals surface area contributed by atoms with E-state index >= 15 is 0 Å². The van der Waals surface area contributed by atoms with Crippen LogP contribution in [0.5, 0.6) is 0 Å². The Morgan fingerprint density at radius 1 is 0.394 bits per heavy atom. The molecular formula is C60H50Cl4F2N4Pt. The maximum atomic E-state index is 13.8. The summed E-state index contributed by atoms with van der Waals surface area (Å²) in [6, 6.07) is 67.2. The SMILES string of the molecule is Cc1ccc(N2[13CH-]N(CCc3ccccc3)C(c3ccc(F)cc3)=C2c2ccc(Cl)cc2)cc1.Cc1ccc(N2[13CH-]N(CCc3ccccc3)C(c3ccc(F)cc3)=C2c2ccc(Cl)cc2)cc1.[Cl][Pt+2][Cl]. The molecular weight excluding hydrogens is 1150 g/mol. The topological polar surface area (TPSA) is 13.0 Å². The van der Waals surface area contributed by atoms with E-state index in [1.165, 1.54) is 46.5 Å². The van der Waals surface area contributed by atoms with Gasteiger partial charge in [-0.3, -0.25) is 0 Å². The number of anilines is 2. The molecule has 0 spiro atoms. The summed E-state index contributed by atoms with van der Waals surface area (Å²) in [6.45, 7) is 10.0. The van der Waals surface area contributed by atoms with E-state index in [4.69, 9.17) is 42.0 Å². The monoisotopic (exact) mass is 1200 g/mol. The number of aryl methyl sites for hydroxylation is 2. The number of rotatable bonds is 12. The first-order valence-electron chi connectivity index (χ1n) is 23.0. The Morgan fingerprint density at radius 2 is 0.690 bits per heavy atom. The van der Waals surface area contributed by atoms with Crippen molar-refractivity contribution in [3.05, 3.63) is 286 Å². The van der Waals surface area contributed by atoms with Crippen LogP contribution in [0.15, 0.2) is 206 Å². The first-order valence-corrected chi connectivity index (χ1v) is 29.3. The van der Waals surface area contributed by atoms with Crippen molar-refractivity contribution in [1.82, 2.24) is 9.80 Å². The van der Waals surface area contributed by atoms with E-state index in [1.807, 2.05) is 84.9 Å². The molecule has 362 valence electrons. The van der Waals surface area contributed by atoms with Gasteiger partial charge in [0.1, 0.15) is 11.6 Å². The summed E-state index contributed by atoms with van der Waals surface area (Å²) in [4.78, 5) is 8.97.